The molecule has 1 aromatic heterocycles. The molecule has 1 heterocycles. The fraction of sp³-hybridized carbons (Fsp3) is 0.714. The number of nitrogens with zero attached hydrogens (tertiary/aromatic N) is 2. The molecule has 0 aromatic carbocycles. The van der Waals surface area contributed by atoms with Crippen molar-refractivity contribution in [3.63, 3.8) is 0 Å². The maximum Gasteiger partial charge on any atom is 0.240 e. The van der Waals surface area contributed by atoms with E-state index in [2.05, 4.69) is 22.4 Å². The molecule has 1 rings (SSSR count). The van der Waals surface area contributed by atoms with Gasteiger partial charge in [0.1, 0.15) is 0 Å². The number of nitrogens with one attached hydrogen (secondary N) is 1. The van der Waals surface area contributed by atoms with E-state index in [9.17, 15) is 0 Å². The van der Waals surface area contributed by atoms with E-state index in [4.69, 9.17) is 4.52 Å². The Balaban J connectivity index is 2.51. The van der Waals surface area contributed by atoms with Crippen molar-refractivity contribution in [3.8, 4) is 0 Å². The van der Waals surface area contributed by atoms with Crippen LogP contribution in [0.25, 0.3) is 0 Å². The van der Waals surface area contributed by atoms with Crippen molar-refractivity contribution in [2.75, 3.05) is 7.05 Å². The zero-order valence-corrected chi connectivity index (χ0v) is 6.92. The van der Waals surface area contributed by atoms with E-state index in [0.29, 0.717) is 12.4 Å². The summed E-state index contributed by atoms with van der Waals surface area (Å²) in [5, 5.41) is 6.74. The van der Waals surface area contributed by atoms with E-state index in [1.165, 1.54) is 0 Å². The van der Waals surface area contributed by atoms with Crippen LogP contribution in [0.1, 0.15) is 25.1 Å². The number of aryl methyl sites for hydroxylation is 1. The molecule has 0 saturated carbocycles. The summed E-state index contributed by atoms with van der Waals surface area (Å²) < 4.78 is 4.93. The van der Waals surface area contributed by atoms with Crippen molar-refractivity contribution in [1.82, 2.24) is 15.5 Å². The predicted molar refractivity (Wildman–Crippen MR) is 41.1 cm³/mol. The zero-order chi connectivity index (χ0) is 8.10. The van der Waals surface area contributed by atoms with Gasteiger partial charge in [-0.3, -0.25) is 0 Å². The van der Waals surface area contributed by atoms with E-state index in [1.54, 1.807) is 0 Å². The third-order valence-corrected chi connectivity index (χ3v) is 1.31. The summed E-state index contributed by atoms with van der Waals surface area (Å²) in [5.41, 5.74) is 0. The lowest BCUT2D eigenvalue weighted by Gasteiger charge is -1.86. The van der Waals surface area contributed by atoms with Gasteiger partial charge in [-0.05, 0) is 13.5 Å². The van der Waals surface area contributed by atoms with Gasteiger partial charge in [0.05, 0.1) is 6.54 Å². The highest BCUT2D eigenvalue weighted by atomic mass is 16.5. The second-order valence-electron chi connectivity index (χ2n) is 2.38. The second kappa shape index (κ2) is 4.08. The molecule has 0 aliphatic rings. The van der Waals surface area contributed by atoms with Crippen LogP contribution in [0.4, 0.5) is 0 Å². The van der Waals surface area contributed by atoms with Crippen molar-refractivity contribution >= 4 is 0 Å². The predicted octanol–water partition coefficient (Wildman–Crippen LogP) is 0.742. The number of hydrogen-bond donors (Lipinski definition) is 1. The third-order valence-electron chi connectivity index (χ3n) is 1.31. The molecule has 4 nitrogen and oxygen atoms in total. The van der Waals surface area contributed by atoms with Gasteiger partial charge in [-0.25, -0.2) is 0 Å². The molecule has 4 heteroatoms. The summed E-state index contributed by atoms with van der Waals surface area (Å²) in [4.78, 5) is 4.15. The lowest BCUT2D eigenvalue weighted by Crippen LogP contribution is -2.05. The van der Waals surface area contributed by atoms with E-state index < -0.39 is 0 Å². The summed E-state index contributed by atoms with van der Waals surface area (Å²) in [5.74, 6) is 1.47. The summed E-state index contributed by atoms with van der Waals surface area (Å²) in [6.07, 6.45) is 1.95. The maximum atomic E-state index is 4.93. The Morgan fingerprint density at radius 1 is 1.55 bits per heavy atom. The quantitative estimate of drug-likeness (QED) is 0.696. The SMILES string of the molecule is CCCc1noc(CNC)n1. The number of rotatable bonds is 4. The van der Waals surface area contributed by atoms with Crippen LogP contribution in [0.2, 0.25) is 0 Å². The van der Waals surface area contributed by atoms with Crippen molar-refractivity contribution in [2.24, 2.45) is 0 Å². The first-order valence-corrected chi connectivity index (χ1v) is 3.83. The molecule has 62 valence electrons. The number of hydrogen-bond acceptors (Lipinski definition) is 4. The van der Waals surface area contributed by atoms with E-state index in [1.807, 2.05) is 7.05 Å². The Hall–Kier alpha value is -0.900. The Bertz CT molecular complexity index is 189. The van der Waals surface area contributed by atoms with E-state index in [-0.39, 0.29) is 0 Å². The van der Waals surface area contributed by atoms with Crippen LogP contribution in [-0.2, 0) is 13.0 Å². The molecule has 1 aromatic rings. The first-order valence-electron chi connectivity index (χ1n) is 3.83. The standard InChI is InChI=1S/C7H13N3O/c1-3-4-6-9-7(5-8-2)11-10-6/h8H,3-5H2,1-2H3. The molecular formula is C7H13N3O. The first-order chi connectivity index (χ1) is 5.36. The summed E-state index contributed by atoms with van der Waals surface area (Å²) >= 11 is 0. The van der Waals surface area contributed by atoms with Gasteiger partial charge in [0.2, 0.25) is 5.89 Å². The van der Waals surface area contributed by atoms with Crippen LogP contribution in [0.15, 0.2) is 4.52 Å². The van der Waals surface area contributed by atoms with E-state index >= 15 is 0 Å². The van der Waals surface area contributed by atoms with Gasteiger partial charge < -0.3 is 9.84 Å². The lowest BCUT2D eigenvalue weighted by molar-refractivity contribution is 0.367. The molecule has 0 radical (unpaired) electrons. The largest absolute Gasteiger partial charge is 0.338 e. The minimum absolute atomic E-state index is 0.650. The molecule has 0 unspecified atom stereocenters. The molecule has 0 spiro atoms. The van der Waals surface area contributed by atoms with Crippen LogP contribution in [-0.4, -0.2) is 17.2 Å². The topological polar surface area (TPSA) is 51.0 Å². The Labute approximate surface area is 66.0 Å². The monoisotopic (exact) mass is 155 g/mol. The van der Waals surface area contributed by atoms with Crippen LogP contribution < -0.4 is 5.32 Å². The minimum Gasteiger partial charge on any atom is -0.338 e. The van der Waals surface area contributed by atoms with Crippen LogP contribution in [0.5, 0.6) is 0 Å². The average molecular weight is 155 g/mol. The van der Waals surface area contributed by atoms with Crippen LogP contribution in [0, 0.1) is 0 Å². The molecule has 1 N–H and O–H groups in total. The third kappa shape index (κ3) is 2.31. The van der Waals surface area contributed by atoms with Crippen molar-refractivity contribution in [2.45, 2.75) is 26.3 Å². The zero-order valence-electron chi connectivity index (χ0n) is 6.92. The van der Waals surface area contributed by atoms with Crippen molar-refractivity contribution in [3.05, 3.63) is 11.7 Å². The number of aromatic nitrogens is 2. The Kier molecular flexibility index (Phi) is 3.04. The van der Waals surface area contributed by atoms with Gasteiger partial charge in [-0.2, -0.15) is 4.98 Å². The molecule has 0 saturated heterocycles. The van der Waals surface area contributed by atoms with Crippen molar-refractivity contribution < 1.29 is 4.52 Å². The fourth-order valence-electron chi connectivity index (χ4n) is 0.838. The van der Waals surface area contributed by atoms with Crippen molar-refractivity contribution in [1.29, 1.82) is 0 Å². The highest BCUT2D eigenvalue weighted by Gasteiger charge is 2.02. The average Bonchev–Trinajstić information content (AvgIpc) is 2.38. The highest BCUT2D eigenvalue weighted by Crippen LogP contribution is 1.98. The first kappa shape index (κ1) is 8.20. The van der Waals surface area contributed by atoms with Gasteiger partial charge in [-0.1, -0.05) is 12.1 Å². The van der Waals surface area contributed by atoms with Gasteiger partial charge in [0.25, 0.3) is 0 Å². The van der Waals surface area contributed by atoms with Gasteiger partial charge in [-0.15, -0.1) is 0 Å². The maximum absolute atomic E-state index is 4.93. The lowest BCUT2D eigenvalue weighted by atomic mass is 10.3. The normalized spacial score (nSPS) is 10.4. The van der Waals surface area contributed by atoms with Crippen LogP contribution >= 0.6 is 0 Å². The van der Waals surface area contributed by atoms with Crippen LogP contribution in [0.3, 0.4) is 0 Å². The molecule has 0 aliphatic heterocycles. The molecular weight excluding hydrogens is 142 g/mol. The molecule has 11 heavy (non-hydrogen) atoms. The Morgan fingerprint density at radius 3 is 3.00 bits per heavy atom. The Morgan fingerprint density at radius 2 is 2.36 bits per heavy atom. The summed E-state index contributed by atoms with van der Waals surface area (Å²) in [6, 6.07) is 0. The second-order valence-corrected chi connectivity index (χ2v) is 2.38. The van der Waals surface area contributed by atoms with Gasteiger partial charge >= 0.3 is 0 Å². The summed E-state index contributed by atoms with van der Waals surface area (Å²) in [6.45, 7) is 2.74. The van der Waals surface area contributed by atoms with Gasteiger partial charge in [0, 0.05) is 6.42 Å². The van der Waals surface area contributed by atoms with E-state index in [0.717, 1.165) is 18.7 Å². The van der Waals surface area contributed by atoms with Gasteiger partial charge in [0.15, 0.2) is 5.82 Å². The molecule has 0 bridgehead atoms. The molecule has 0 atom stereocenters. The molecule has 0 aliphatic carbocycles. The summed E-state index contributed by atoms with van der Waals surface area (Å²) in [7, 11) is 1.85. The smallest absolute Gasteiger partial charge is 0.240 e. The fourth-order valence-corrected chi connectivity index (χ4v) is 0.838. The molecule has 0 amide bonds. The highest BCUT2D eigenvalue weighted by molar-refractivity contribution is 4.85. The minimum atomic E-state index is 0.650. The molecule has 0 fully saturated rings.